The molecule has 2 rings (SSSR count). The Kier molecular flexibility index (Phi) is 2.12. The molecule has 2 aromatic rings. The second-order valence-corrected chi connectivity index (χ2v) is 3.70. The smallest absolute Gasteiger partial charge is 0.134 e. The van der Waals surface area contributed by atoms with Gasteiger partial charge < -0.3 is 4.52 Å². The van der Waals surface area contributed by atoms with Crippen LogP contribution >= 0.6 is 0 Å². The summed E-state index contributed by atoms with van der Waals surface area (Å²) in [5, 5.41) is 3.99. The molecule has 0 N–H and O–H groups in total. The van der Waals surface area contributed by atoms with Gasteiger partial charge in [0, 0.05) is 11.6 Å². The summed E-state index contributed by atoms with van der Waals surface area (Å²) in [7, 11) is 0. The first kappa shape index (κ1) is 9.00. The summed E-state index contributed by atoms with van der Waals surface area (Å²) in [5.74, 6) is 0.846. The fourth-order valence-electron chi connectivity index (χ4n) is 1.63. The molecule has 1 aromatic heterocycles. The summed E-state index contributed by atoms with van der Waals surface area (Å²) in [5.41, 5.74) is 4.54. The average Bonchev–Trinajstić information content (AvgIpc) is 2.50. The van der Waals surface area contributed by atoms with E-state index in [0.717, 1.165) is 17.0 Å². The summed E-state index contributed by atoms with van der Waals surface area (Å²) in [6, 6.07) is 8.33. The first-order valence-electron chi connectivity index (χ1n) is 4.67. The Morgan fingerprint density at radius 2 is 1.57 bits per heavy atom. The second kappa shape index (κ2) is 3.29. The quantitative estimate of drug-likeness (QED) is 0.684. The number of nitrogens with zero attached hydrogens (tertiary/aromatic N) is 1. The van der Waals surface area contributed by atoms with Crippen molar-refractivity contribution in [1.82, 2.24) is 5.16 Å². The molecule has 0 saturated carbocycles. The van der Waals surface area contributed by atoms with Gasteiger partial charge in [0.25, 0.3) is 0 Å². The minimum atomic E-state index is 0.846. The van der Waals surface area contributed by atoms with E-state index >= 15 is 0 Å². The summed E-state index contributed by atoms with van der Waals surface area (Å²) >= 11 is 0. The normalized spacial score (nSPS) is 10.5. The van der Waals surface area contributed by atoms with Crippen molar-refractivity contribution in [3.05, 3.63) is 41.2 Å². The molecule has 0 aliphatic rings. The van der Waals surface area contributed by atoms with Crippen LogP contribution in [-0.2, 0) is 0 Å². The van der Waals surface area contributed by atoms with Gasteiger partial charge in [-0.3, -0.25) is 0 Å². The lowest BCUT2D eigenvalue weighted by Crippen LogP contribution is -1.82. The Labute approximate surface area is 83.5 Å². The highest BCUT2D eigenvalue weighted by Crippen LogP contribution is 2.21. The first-order valence-corrected chi connectivity index (χ1v) is 4.67. The molecule has 0 atom stereocenters. The van der Waals surface area contributed by atoms with Gasteiger partial charge in [-0.25, -0.2) is 0 Å². The van der Waals surface area contributed by atoms with E-state index in [1.165, 1.54) is 11.1 Å². The zero-order chi connectivity index (χ0) is 10.1. The van der Waals surface area contributed by atoms with Crippen molar-refractivity contribution in [3.63, 3.8) is 0 Å². The molecule has 0 spiro atoms. The van der Waals surface area contributed by atoms with Gasteiger partial charge in [0.1, 0.15) is 11.5 Å². The average molecular weight is 187 g/mol. The van der Waals surface area contributed by atoms with Gasteiger partial charge in [-0.1, -0.05) is 22.3 Å². The topological polar surface area (TPSA) is 26.0 Å². The number of aromatic nitrogens is 1. The maximum Gasteiger partial charge on any atom is 0.134 e. The molecule has 0 fully saturated rings. The zero-order valence-electron chi connectivity index (χ0n) is 8.66. The molecule has 2 nitrogen and oxygen atoms in total. The van der Waals surface area contributed by atoms with E-state index in [0.29, 0.717) is 0 Å². The third-order valence-corrected chi connectivity index (χ3v) is 2.15. The van der Waals surface area contributed by atoms with E-state index in [1.807, 2.05) is 13.0 Å². The van der Waals surface area contributed by atoms with Gasteiger partial charge in [0.15, 0.2) is 0 Å². The summed E-state index contributed by atoms with van der Waals surface area (Å²) in [6.45, 7) is 6.08. The molecule has 72 valence electrons. The third kappa shape index (κ3) is 1.69. The van der Waals surface area contributed by atoms with Gasteiger partial charge in [-0.05, 0) is 32.9 Å². The lowest BCUT2D eigenvalue weighted by Gasteiger charge is -2.00. The molecule has 0 saturated heterocycles. The molecule has 0 amide bonds. The summed E-state index contributed by atoms with van der Waals surface area (Å²) < 4.78 is 5.05. The van der Waals surface area contributed by atoms with Gasteiger partial charge in [0.05, 0.1) is 0 Å². The summed E-state index contributed by atoms with van der Waals surface area (Å²) in [4.78, 5) is 0. The predicted octanol–water partition coefficient (Wildman–Crippen LogP) is 3.27. The van der Waals surface area contributed by atoms with E-state index in [4.69, 9.17) is 4.52 Å². The maximum absolute atomic E-state index is 5.05. The lowest BCUT2D eigenvalue weighted by molar-refractivity contribution is 0.399. The van der Waals surface area contributed by atoms with Crippen LogP contribution in [0.1, 0.15) is 16.9 Å². The molecule has 0 radical (unpaired) electrons. The molecule has 2 heteroatoms. The minimum absolute atomic E-state index is 0.846. The second-order valence-electron chi connectivity index (χ2n) is 3.70. The van der Waals surface area contributed by atoms with Gasteiger partial charge in [-0.2, -0.15) is 0 Å². The molecule has 0 aliphatic heterocycles. The van der Waals surface area contributed by atoms with E-state index < -0.39 is 0 Å². The van der Waals surface area contributed by atoms with E-state index in [-0.39, 0.29) is 0 Å². The van der Waals surface area contributed by atoms with Crippen LogP contribution in [0.15, 0.2) is 28.8 Å². The van der Waals surface area contributed by atoms with E-state index in [1.54, 1.807) is 0 Å². The van der Waals surface area contributed by atoms with Crippen LogP contribution in [-0.4, -0.2) is 5.16 Å². The Morgan fingerprint density at radius 1 is 0.929 bits per heavy atom. The molecule has 0 bridgehead atoms. The number of aryl methyl sites for hydroxylation is 3. The van der Waals surface area contributed by atoms with Crippen molar-refractivity contribution >= 4 is 0 Å². The highest BCUT2D eigenvalue weighted by molar-refractivity contribution is 5.60. The van der Waals surface area contributed by atoms with Crippen molar-refractivity contribution in [2.45, 2.75) is 20.8 Å². The fraction of sp³-hybridized carbons (Fsp3) is 0.250. The molecule has 14 heavy (non-hydrogen) atoms. The van der Waals surface area contributed by atoms with Crippen LogP contribution in [0.3, 0.4) is 0 Å². The molecular weight excluding hydrogens is 174 g/mol. The van der Waals surface area contributed by atoms with Gasteiger partial charge >= 0.3 is 0 Å². The molecule has 1 heterocycles. The van der Waals surface area contributed by atoms with Crippen LogP contribution in [0, 0.1) is 20.8 Å². The standard InChI is InChI=1S/C12H13NO/c1-8-4-9(2)6-11(5-8)12-7-10(3)14-13-12/h4-7H,1-3H3. The molecule has 0 aliphatic carbocycles. The fourth-order valence-corrected chi connectivity index (χ4v) is 1.63. The van der Waals surface area contributed by atoms with Crippen molar-refractivity contribution < 1.29 is 4.52 Å². The minimum Gasteiger partial charge on any atom is -0.361 e. The summed E-state index contributed by atoms with van der Waals surface area (Å²) in [6.07, 6.45) is 0. The maximum atomic E-state index is 5.05. The zero-order valence-corrected chi connectivity index (χ0v) is 8.66. The van der Waals surface area contributed by atoms with Crippen LogP contribution in [0.25, 0.3) is 11.3 Å². The van der Waals surface area contributed by atoms with Gasteiger partial charge in [0.2, 0.25) is 0 Å². The molecular formula is C12H13NO. The predicted molar refractivity (Wildman–Crippen MR) is 56.2 cm³/mol. The largest absolute Gasteiger partial charge is 0.361 e. The monoisotopic (exact) mass is 187 g/mol. The van der Waals surface area contributed by atoms with Crippen molar-refractivity contribution in [1.29, 1.82) is 0 Å². The van der Waals surface area contributed by atoms with Crippen molar-refractivity contribution in [2.24, 2.45) is 0 Å². The molecule has 1 aromatic carbocycles. The Balaban J connectivity index is 2.51. The van der Waals surface area contributed by atoms with Crippen LogP contribution in [0.4, 0.5) is 0 Å². The molecule has 0 unspecified atom stereocenters. The van der Waals surface area contributed by atoms with Gasteiger partial charge in [-0.15, -0.1) is 0 Å². The van der Waals surface area contributed by atoms with Crippen LogP contribution in [0.5, 0.6) is 0 Å². The van der Waals surface area contributed by atoms with Crippen LogP contribution in [0.2, 0.25) is 0 Å². The number of hydrogen-bond acceptors (Lipinski definition) is 2. The number of benzene rings is 1. The van der Waals surface area contributed by atoms with Crippen LogP contribution < -0.4 is 0 Å². The Bertz CT molecular complexity index is 437. The highest BCUT2D eigenvalue weighted by atomic mass is 16.5. The highest BCUT2D eigenvalue weighted by Gasteiger charge is 2.04. The van der Waals surface area contributed by atoms with E-state index in [9.17, 15) is 0 Å². The SMILES string of the molecule is Cc1cc(C)cc(-c2cc(C)on2)c1. The lowest BCUT2D eigenvalue weighted by atomic mass is 10.1. The van der Waals surface area contributed by atoms with E-state index in [2.05, 4.69) is 37.2 Å². The number of hydrogen-bond donors (Lipinski definition) is 0. The Morgan fingerprint density at radius 3 is 2.07 bits per heavy atom. The van der Waals surface area contributed by atoms with Crippen molar-refractivity contribution in [3.8, 4) is 11.3 Å². The van der Waals surface area contributed by atoms with Crippen molar-refractivity contribution in [2.75, 3.05) is 0 Å². The Hall–Kier alpha value is -1.57. The third-order valence-electron chi connectivity index (χ3n) is 2.15. The first-order chi connectivity index (χ1) is 6.65. The number of rotatable bonds is 1.